The molecule has 0 spiro atoms. The van der Waals surface area contributed by atoms with Crippen molar-refractivity contribution in [1.29, 1.82) is 0 Å². The van der Waals surface area contributed by atoms with Gasteiger partial charge < -0.3 is 9.80 Å². The Labute approximate surface area is 126 Å². The van der Waals surface area contributed by atoms with Crippen LogP contribution in [0.15, 0.2) is 0 Å². The molecule has 1 aliphatic carbocycles. The van der Waals surface area contributed by atoms with E-state index < -0.39 is 0 Å². The maximum absolute atomic E-state index is 12.4. The van der Waals surface area contributed by atoms with E-state index in [9.17, 15) is 4.79 Å². The Hall–Kier alpha value is -0.290. The number of carbonyl (C=O) groups is 1. The van der Waals surface area contributed by atoms with Gasteiger partial charge in [-0.3, -0.25) is 4.79 Å². The molecule has 5 heteroatoms. The minimum Gasteiger partial charge on any atom is -0.358 e. The monoisotopic (exact) mass is 300 g/mol. The molecule has 1 amide bonds. The van der Waals surface area contributed by atoms with Gasteiger partial charge in [0.15, 0.2) is 0 Å². The van der Waals surface area contributed by atoms with Gasteiger partial charge in [-0.15, -0.1) is 0 Å². The smallest absolute Gasteiger partial charge is 0.226 e. The molecule has 0 aromatic carbocycles. The zero-order valence-corrected chi connectivity index (χ0v) is 13.7. The maximum Gasteiger partial charge on any atom is 0.226 e. The molecule has 1 saturated carbocycles. The first-order valence-corrected chi connectivity index (χ1v) is 8.59. The molecule has 2 heterocycles. The van der Waals surface area contributed by atoms with Crippen molar-refractivity contribution in [2.45, 2.75) is 50.8 Å². The van der Waals surface area contributed by atoms with Gasteiger partial charge >= 0.3 is 0 Å². The van der Waals surface area contributed by atoms with Gasteiger partial charge in [-0.1, -0.05) is 24.0 Å². The van der Waals surface area contributed by atoms with E-state index >= 15 is 0 Å². The molecule has 2 aliphatic heterocycles. The van der Waals surface area contributed by atoms with Crippen LogP contribution in [-0.4, -0.2) is 51.5 Å². The average Bonchev–Trinajstić information content (AvgIpc) is 2.65. The zero-order chi connectivity index (χ0) is 14.0. The summed E-state index contributed by atoms with van der Waals surface area (Å²) >= 11 is 7.31. The van der Waals surface area contributed by atoms with E-state index in [1.807, 2.05) is 11.9 Å². The third kappa shape index (κ3) is 3.07. The summed E-state index contributed by atoms with van der Waals surface area (Å²) in [7, 11) is 1.97. The normalized spacial score (nSPS) is 30.4. The van der Waals surface area contributed by atoms with Gasteiger partial charge in [0.2, 0.25) is 5.91 Å². The first kappa shape index (κ1) is 15.1. The SMILES string of the molecule is CCN(CC)C(=S)S[C@@H]1CC[C@H]2CC[C@@H]1C(=O)N2C. The summed E-state index contributed by atoms with van der Waals surface area (Å²) in [5, 5.41) is 0.385. The Kier molecular flexibility index (Phi) is 5.12. The van der Waals surface area contributed by atoms with Crippen LogP contribution in [0.3, 0.4) is 0 Å². The lowest BCUT2D eigenvalue weighted by molar-refractivity contribution is -0.138. The number of amides is 1. The Morgan fingerprint density at radius 1 is 1.32 bits per heavy atom. The molecule has 0 aromatic rings. The minimum atomic E-state index is 0.183. The number of piperidine rings is 1. The van der Waals surface area contributed by atoms with Crippen molar-refractivity contribution in [3.05, 3.63) is 0 Å². The summed E-state index contributed by atoms with van der Waals surface area (Å²) in [6.45, 7) is 6.17. The van der Waals surface area contributed by atoms with Crippen molar-refractivity contribution >= 4 is 34.2 Å². The number of fused-ring (bicyclic) bond motifs is 4. The van der Waals surface area contributed by atoms with E-state index in [-0.39, 0.29) is 5.92 Å². The van der Waals surface area contributed by atoms with E-state index in [0.29, 0.717) is 17.2 Å². The van der Waals surface area contributed by atoms with Crippen LogP contribution in [0.1, 0.15) is 39.5 Å². The van der Waals surface area contributed by atoms with Gasteiger partial charge in [0.05, 0.1) is 5.92 Å². The second-order valence-electron chi connectivity index (χ2n) is 5.46. The lowest BCUT2D eigenvalue weighted by Gasteiger charge is -2.35. The van der Waals surface area contributed by atoms with Crippen molar-refractivity contribution < 1.29 is 4.79 Å². The van der Waals surface area contributed by atoms with Gasteiger partial charge in [0, 0.05) is 31.4 Å². The molecule has 0 N–H and O–H groups in total. The van der Waals surface area contributed by atoms with Gasteiger partial charge in [0.25, 0.3) is 0 Å². The maximum atomic E-state index is 12.4. The van der Waals surface area contributed by atoms with E-state index in [4.69, 9.17) is 12.2 Å². The summed E-state index contributed by atoms with van der Waals surface area (Å²) in [5.74, 6) is 0.524. The summed E-state index contributed by atoms with van der Waals surface area (Å²) < 4.78 is 0.968. The molecule has 3 aliphatic rings. The van der Waals surface area contributed by atoms with Crippen molar-refractivity contribution in [3.8, 4) is 0 Å². The minimum absolute atomic E-state index is 0.183. The van der Waals surface area contributed by atoms with Crippen molar-refractivity contribution in [3.63, 3.8) is 0 Å². The van der Waals surface area contributed by atoms with E-state index in [2.05, 4.69) is 18.7 Å². The fourth-order valence-corrected chi connectivity index (χ4v) is 5.16. The van der Waals surface area contributed by atoms with E-state index in [1.54, 1.807) is 11.8 Å². The van der Waals surface area contributed by atoms with Gasteiger partial charge in [0.1, 0.15) is 4.32 Å². The predicted molar refractivity (Wildman–Crippen MR) is 85.4 cm³/mol. The molecule has 0 radical (unpaired) electrons. The number of carbonyl (C=O) groups excluding carboxylic acids is 1. The summed E-state index contributed by atoms with van der Waals surface area (Å²) in [4.78, 5) is 16.6. The Bertz CT molecular complexity index is 357. The van der Waals surface area contributed by atoms with Crippen LogP contribution in [-0.2, 0) is 4.79 Å². The number of rotatable bonds is 3. The van der Waals surface area contributed by atoms with Crippen LogP contribution >= 0.6 is 24.0 Å². The Balaban J connectivity index is 2.04. The predicted octanol–water partition coefficient (Wildman–Crippen LogP) is 2.75. The van der Waals surface area contributed by atoms with Gasteiger partial charge in [-0.05, 0) is 39.5 Å². The molecule has 2 saturated heterocycles. The molecule has 3 rings (SSSR count). The largest absolute Gasteiger partial charge is 0.358 e. The lowest BCUT2D eigenvalue weighted by Crippen LogP contribution is -2.45. The summed E-state index contributed by atoms with van der Waals surface area (Å²) in [6.07, 6.45) is 4.48. The number of hydrogen-bond donors (Lipinski definition) is 0. The molecule has 3 atom stereocenters. The molecule has 3 nitrogen and oxygen atoms in total. The zero-order valence-electron chi connectivity index (χ0n) is 12.1. The van der Waals surface area contributed by atoms with Crippen molar-refractivity contribution in [1.82, 2.24) is 9.80 Å². The standard InChI is InChI=1S/C14H24N2OS2/c1-4-16(5-2)14(18)19-12-9-7-10-6-8-11(12)13(17)15(10)3/h10-12H,4-9H2,1-3H3/t10-,11+,12-/m1/s1. The van der Waals surface area contributed by atoms with Crippen LogP contribution in [0.2, 0.25) is 0 Å². The molecular formula is C14H24N2OS2. The van der Waals surface area contributed by atoms with Crippen LogP contribution in [0.5, 0.6) is 0 Å². The molecule has 0 aromatic heterocycles. The second-order valence-corrected chi connectivity index (χ2v) is 7.33. The molecule has 19 heavy (non-hydrogen) atoms. The van der Waals surface area contributed by atoms with Crippen LogP contribution < -0.4 is 0 Å². The molecule has 0 unspecified atom stereocenters. The fourth-order valence-electron chi connectivity index (χ4n) is 3.20. The van der Waals surface area contributed by atoms with Crippen LogP contribution in [0, 0.1) is 5.92 Å². The van der Waals surface area contributed by atoms with Crippen LogP contribution in [0.4, 0.5) is 0 Å². The van der Waals surface area contributed by atoms with Crippen molar-refractivity contribution in [2.24, 2.45) is 5.92 Å². The molecular weight excluding hydrogens is 276 g/mol. The first-order chi connectivity index (χ1) is 9.08. The van der Waals surface area contributed by atoms with Gasteiger partial charge in [-0.25, -0.2) is 0 Å². The second kappa shape index (κ2) is 6.44. The summed E-state index contributed by atoms with van der Waals surface area (Å²) in [6, 6.07) is 0.469. The number of nitrogens with zero attached hydrogens (tertiary/aromatic N) is 2. The number of thioether (sulfide) groups is 1. The molecule has 108 valence electrons. The first-order valence-electron chi connectivity index (χ1n) is 7.30. The summed E-state index contributed by atoms with van der Waals surface area (Å²) in [5.41, 5.74) is 0. The van der Waals surface area contributed by atoms with E-state index in [0.717, 1.165) is 36.7 Å². The fraction of sp³-hybridized carbons (Fsp3) is 0.857. The van der Waals surface area contributed by atoms with Crippen LogP contribution in [0.25, 0.3) is 0 Å². The third-order valence-corrected chi connectivity index (χ3v) is 6.40. The Morgan fingerprint density at radius 3 is 2.58 bits per heavy atom. The highest BCUT2D eigenvalue weighted by Gasteiger charge is 2.42. The number of thiocarbonyl (C=S) groups is 1. The van der Waals surface area contributed by atoms with E-state index in [1.165, 1.54) is 6.42 Å². The average molecular weight is 300 g/mol. The molecule has 3 fully saturated rings. The lowest BCUT2D eigenvalue weighted by atomic mass is 9.94. The molecule has 2 bridgehead atoms. The highest BCUT2D eigenvalue weighted by atomic mass is 32.2. The topological polar surface area (TPSA) is 23.6 Å². The van der Waals surface area contributed by atoms with Gasteiger partial charge in [-0.2, -0.15) is 0 Å². The highest BCUT2D eigenvalue weighted by Crippen LogP contribution is 2.40. The third-order valence-electron chi connectivity index (χ3n) is 4.53. The van der Waals surface area contributed by atoms with Crippen molar-refractivity contribution in [2.75, 3.05) is 20.1 Å². The quantitative estimate of drug-likeness (QED) is 0.748. The Morgan fingerprint density at radius 2 is 1.95 bits per heavy atom. The number of hydrogen-bond acceptors (Lipinski definition) is 3. The highest BCUT2D eigenvalue weighted by molar-refractivity contribution is 8.23.